The summed E-state index contributed by atoms with van der Waals surface area (Å²) in [5.74, 6) is -0.0758. The lowest BCUT2D eigenvalue weighted by molar-refractivity contribution is -0.120. The van der Waals surface area contributed by atoms with Gasteiger partial charge in [-0.15, -0.1) is 0 Å². The largest absolute Gasteiger partial charge is 0.462 e. The van der Waals surface area contributed by atoms with E-state index in [-0.39, 0.29) is 4.91 Å². The predicted octanol–water partition coefficient (Wildman–Crippen LogP) is 3.77. The van der Waals surface area contributed by atoms with Crippen LogP contribution in [0.15, 0.2) is 45.7 Å². The summed E-state index contributed by atoms with van der Waals surface area (Å²) in [6, 6.07) is 10.2. The third kappa shape index (κ3) is 2.98. The number of hydrogen-bond donors (Lipinski definition) is 0. The molecule has 0 bridgehead atoms. The van der Waals surface area contributed by atoms with Crippen LogP contribution < -0.4 is 0 Å². The minimum Gasteiger partial charge on any atom is -0.462 e. The van der Waals surface area contributed by atoms with Crippen molar-refractivity contribution in [2.24, 2.45) is 0 Å². The van der Waals surface area contributed by atoms with Crippen molar-refractivity contribution < 1.29 is 18.8 Å². The van der Waals surface area contributed by atoms with E-state index < -0.39 is 17.1 Å². The van der Waals surface area contributed by atoms with Crippen molar-refractivity contribution in [2.75, 3.05) is 0 Å². The Morgan fingerprint density at radius 1 is 1.09 bits per heavy atom. The van der Waals surface area contributed by atoms with E-state index >= 15 is 0 Å². The van der Waals surface area contributed by atoms with Crippen LogP contribution in [0.5, 0.6) is 0 Å². The fourth-order valence-corrected chi connectivity index (χ4v) is 2.93. The molecule has 0 unspecified atom stereocenters. The van der Waals surface area contributed by atoms with Crippen LogP contribution in [-0.2, 0) is 4.79 Å². The fraction of sp³-hybridized carbons (Fsp3) is 0.118. The van der Waals surface area contributed by atoms with Gasteiger partial charge in [0, 0.05) is 11.6 Å². The lowest BCUT2D eigenvalue weighted by Crippen LogP contribution is -2.34. The monoisotopic (exact) mass is 327 g/mol. The number of amides is 3. The molecule has 0 N–H and O–H groups in total. The first-order valence-electron chi connectivity index (χ1n) is 6.91. The smallest absolute Gasteiger partial charge is 0.300 e. The fourth-order valence-electron chi connectivity index (χ4n) is 2.13. The molecular formula is C17H13NO4S. The average Bonchev–Trinajstić information content (AvgIpc) is 3.03. The zero-order valence-electron chi connectivity index (χ0n) is 12.5. The Balaban J connectivity index is 1.88. The molecule has 1 saturated heterocycles. The molecule has 3 amide bonds. The van der Waals surface area contributed by atoms with Crippen LogP contribution in [0, 0.1) is 13.8 Å². The van der Waals surface area contributed by atoms with E-state index in [1.165, 1.54) is 6.08 Å². The van der Waals surface area contributed by atoms with Crippen molar-refractivity contribution in [3.8, 4) is 0 Å². The first-order chi connectivity index (χ1) is 11.0. The number of imide groups is 3. The Morgan fingerprint density at radius 2 is 1.78 bits per heavy atom. The topological polar surface area (TPSA) is 67.6 Å². The van der Waals surface area contributed by atoms with Crippen molar-refractivity contribution in [2.45, 2.75) is 13.8 Å². The zero-order valence-corrected chi connectivity index (χ0v) is 13.3. The molecule has 0 radical (unpaired) electrons. The Morgan fingerprint density at radius 3 is 2.39 bits per heavy atom. The molecule has 23 heavy (non-hydrogen) atoms. The summed E-state index contributed by atoms with van der Waals surface area (Å²) in [5, 5.41) is -0.602. The van der Waals surface area contributed by atoms with Gasteiger partial charge < -0.3 is 4.42 Å². The van der Waals surface area contributed by atoms with E-state index in [4.69, 9.17) is 4.42 Å². The highest BCUT2D eigenvalue weighted by molar-refractivity contribution is 8.18. The van der Waals surface area contributed by atoms with Crippen LogP contribution in [0.2, 0.25) is 0 Å². The van der Waals surface area contributed by atoms with Crippen LogP contribution in [0.1, 0.15) is 27.4 Å². The Bertz CT molecular complexity index is 833. The second-order valence-electron chi connectivity index (χ2n) is 5.14. The molecular weight excluding hydrogens is 314 g/mol. The van der Waals surface area contributed by atoms with Gasteiger partial charge in [0.2, 0.25) is 0 Å². The Labute approximate surface area is 137 Å². The summed E-state index contributed by atoms with van der Waals surface area (Å²) >= 11 is 0.730. The highest BCUT2D eigenvalue weighted by Crippen LogP contribution is 2.33. The van der Waals surface area contributed by atoms with Crippen molar-refractivity contribution in [1.29, 1.82) is 0 Å². The number of benzene rings is 1. The maximum atomic E-state index is 12.4. The van der Waals surface area contributed by atoms with Gasteiger partial charge in [0.25, 0.3) is 11.8 Å². The molecule has 0 atom stereocenters. The molecule has 1 aromatic carbocycles. The van der Waals surface area contributed by atoms with E-state index in [1.807, 2.05) is 6.92 Å². The zero-order chi connectivity index (χ0) is 16.6. The molecule has 1 aromatic heterocycles. The number of carbonyl (C=O) groups is 3. The summed E-state index contributed by atoms with van der Waals surface area (Å²) in [5.41, 5.74) is 1.29. The van der Waals surface area contributed by atoms with Gasteiger partial charge >= 0.3 is 5.24 Å². The lowest BCUT2D eigenvalue weighted by atomic mass is 10.1. The average molecular weight is 327 g/mol. The molecule has 1 aliphatic heterocycles. The number of nitrogens with zero attached hydrogens (tertiary/aromatic N) is 1. The maximum absolute atomic E-state index is 12.4. The van der Waals surface area contributed by atoms with Crippen molar-refractivity contribution >= 4 is 34.9 Å². The normalized spacial score (nSPS) is 16.4. The standard InChI is InChI=1S/C17H13NO4S/c1-10-3-6-12(7-4-10)15(19)18-16(20)14(23-17(18)21)9-13-8-5-11(2)22-13/h3-9H,1-2H3/b14-9-. The second kappa shape index (κ2) is 5.89. The van der Waals surface area contributed by atoms with Crippen molar-refractivity contribution in [3.63, 3.8) is 0 Å². The summed E-state index contributed by atoms with van der Waals surface area (Å²) in [6.07, 6.45) is 1.47. The number of hydrogen-bond acceptors (Lipinski definition) is 5. The Hall–Kier alpha value is -2.60. The third-order valence-corrected chi connectivity index (χ3v) is 4.20. The summed E-state index contributed by atoms with van der Waals surface area (Å²) < 4.78 is 5.37. The van der Waals surface area contributed by atoms with Gasteiger partial charge in [-0.1, -0.05) is 17.7 Å². The minimum atomic E-state index is -0.625. The molecule has 2 heterocycles. The van der Waals surface area contributed by atoms with Crippen LogP contribution in [-0.4, -0.2) is 22.0 Å². The van der Waals surface area contributed by atoms with E-state index in [2.05, 4.69) is 0 Å². The Kier molecular flexibility index (Phi) is 3.92. The SMILES string of the molecule is Cc1ccc(C(=O)N2C(=O)S/C(=C\c3ccc(C)o3)C2=O)cc1. The molecule has 0 aliphatic carbocycles. The molecule has 3 rings (SSSR count). The van der Waals surface area contributed by atoms with Gasteiger partial charge in [0.1, 0.15) is 11.5 Å². The quantitative estimate of drug-likeness (QED) is 0.620. The number of rotatable bonds is 2. The summed E-state index contributed by atoms with van der Waals surface area (Å²) in [4.78, 5) is 37.6. The maximum Gasteiger partial charge on any atom is 0.300 e. The van der Waals surface area contributed by atoms with E-state index in [9.17, 15) is 14.4 Å². The third-order valence-electron chi connectivity index (χ3n) is 3.33. The lowest BCUT2D eigenvalue weighted by Gasteiger charge is -2.10. The minimum absolute atomic E-state index is 0.171. The van der Waals surface area contributed by atoms with Crippen molar-refractivity contribution in [1.82, 2.24) is 4.90 Å². The number of aryl methyl sites for hydroxylation is 2. The van der Waals surface area contributed by atoms with Gasteiger partial charge in [-0.05, 0) is 49.9 Å². The number of thioether (sulfide) groups is 1. The molecule has 6 heteroatoms. The van der Waals surface area contributed by atoms with Crippen molar-refractivity contribution in [3.05, 3.63) is 64.0 Å². The number of furan rings is 1. The van der Waals surface area contributed by atoms with Crippen LogP contribution >= 0.6 is 11.8 Å². The second-order valence-corrected chi connectivity index (χ2v) is 6.13. The first-order valence-corrected chi connectivity index (χ1v) is 7.73. The molecule has 5 nitrogen and oxygen atoms in total. The van der Waals surface area contributed by atoms with Crippen LogP contribution in [0.4, 0.5) is 4.79 Å². The van der Waals surface area contributed by atoms with Gasteiger partial charge in [-0.2, -0.15) is 0 Å². The summed E-state index contributed by atoms with van der Waals surface area (Å²) in [6.45, 7) is 3.67. The molecule has 2 aromatic rings. The highest BCUT2D eigenvalue weighted by Gasteiger charge is 2.40. The van der Waals surface area contributed by atoms with E-state index in [1.54, 1.807) is 43.3 Å². The summed E-state index contributed by atoms with van der Waals surface area (Å²) in [7, 11) is 0. The van der Waals surface area contributed by atoms with Gasteiger partial charge in [0.15, 0.2) is 0 Å². The molecule has 0 spiro atoms. The van der Waals surface area contributed by atoms with Gasteiger partial charge in [0.05, 0.1) is 4.91 Å². The molecule has 0 saturated carbocycles. The van der Waals surface area contributed by atoms with E-state index in [0.29, 0.717) is 22.0 Å². The number of carbonyl (C=O) groups excluding carboxylic acids is 3. The van der Waals surface area contributed by atoms with Gasteiger partial charge in [-0.25, -0.2) is 4.90 Å². The molecule has 1 aliphatic rings. The molecule has 116 valence electrons. The molecule has 1 fully saturated rings. The predicted molar refractivity (Wildman–Crippen MR) is 86.8 cm³/mol. The van der Waals surface area contributed by atoms with E-state index in [0.717, 1.165) is 17.3 Å². The highest BCUT2D eigenvalue weighted by atomic mass is 32.2. The first kappa shape index (κ1) is 15.3. The van der Waals surface area contributed by atoms with Crippen LogP contribution in [0.25, 0.3) is 6.08 Å². The van der Waals surface area contributed by atoms with Crippen LogP contribution in [0.3, 0.4) is 0 Å². The van der Waals surface area contributed by atoms with Gasteiger partial charge in [-0.3, -0.25) is 14.4 Å².